The van der Waals surface area contributed by atoms with Gasteiger partial charge in [-0.05, 0) is 11.1 Å². The minimum atomic E-state index is -0.224. The second kappa shape index (κ2) is 5.27. The number of benzene rings is 1. The zero-order valence-electron chi connectivity index (χ0n) is 9.31. The summed E-state index contributed by atoms with van der Waals surface area (Å²) in [5, 5.41) is 2.99. The molecule has 0 aliphatic carbocycles. The van der Waals surface area contributed by atoms with E-state index < -0.39 is 0 Å². The number of nitrogens with zero attached hydrogens (tertiary/aromatic N) is 1. The standard InChI is InChI=1S/C12H14N4O/c13-7-9-3-1-2-4-10(9)8-16-11-12(17)15-6-5-14-11/h1-6H,7-8,13H2,(H,14,16)(H,15,17). The highest BCUT2D eigenvalue weighted by molar-refractivity contribution is 5.35. The van der Waals surface area contributed by atoms with Gasteiger partial charge in [-0.2, -0.15) is 0 Å². The maximum absolute atomic E-state index is 11.4. The lowest BCUT2D eigenvalue weighted by atomic mass is 10.1. The van der Waals surface area contributed by atoms with E-state index in [1.807, 2.05) is 24.3 Å². The van der Waals surface area contributed by atoms with E-state index in [4.69, 9.17) is 5.73 Å². The Morgan fingerprint density at radius 2 is 2.06 bits per heavy atom. The van der Waals surface area contributed by atoms with Crippen molar-refractivity contribution < 1.29 is 0 Å². The Hall–Kier alpha value is -2.14. The smallest absolute Gasteiger partial charge is 0.290 e. The van der Waals surface area contributed by atoms with E-state index in [0.717, 1.165) is 11.1 Å². The molecule has 0 atom stereocenters. The lowest BCUT2D eigenvalue weighted by Crippen LogP contribution is -2.16. The van der Waals surface area contributed by atoms with Gasteiger partial charge in [0.15, 0.2) is 5.82 Å². The van der Waals surface area contributed by atoms with Crippen LogP contribution in [-0.2, 0) is 13.1 Å². The molecule has 0 aliphatic heterocycles. The molecule has 0 unspecified atom stereocenters. The second-order valence-electron chi connectivity index (χ2n) is 3.59. The summed E-state index contributed by atoms with van der Waals surface area (Å²) in [6.45, 7) is 1.02. The summed E-state index contributed by atoms with van der Waals surface area (Å²) in [7, 11) is 0. The molecular formula is C12H14N4O. The predicted molar refractivity (Wildman–Crippen MR) is 66.5 cm³/mol. The van der Waals surface area contributed by atoms with Gasteiger partial charge in [-0.25, -0.2) is 4.98 Å². The van der Waals surface area contributed by atoms with Crippen molar-refractivity contribution in [3.05, 3.63) is 58.1 Å². The highest BCUT2D eigenvalue weighted by atomic mass is 16.1. The van der Waals surface area contributed by atoms with Gasteiger partial charge in [-0.15, -0.1) is 0 Å². The molecule has 1 heterocycles. The Bertz CT molecular complexity index is 550. The van der Waals surface area contributed by atoms with Crippen molar-refractivity contribution in [3.63, 3.8) is 0 Å². The van der Waals surface area contributed by atoms with Crippen molar-refractivity contribution in [2.75, 3.05) is 5.32 Å². The summed E-state index contributed by atoms with van der Waals surface area (Å²) < 4.78 is 0. The molecule has 88 valence electrons. The van der Waals surface area contributed by atoms with Crippen LogP contribution >= 0.6 is 0 Å². The van der Waals surface area contributed by atoms with Crippen molar-refractivity contribution in [1.29, 1.82) is 0 Å². The van der Waals surface area contributed by atoms with E-state index in [2.05, 4.69) is 15.3 Å². The molecule has 0 saturated heterocycles. The fourth-order valence-electron chi connectivity index (χ4n) is 1.59. The quantitative estimate of drug-likeness (QED) is 0.726. The molecular weight excluding hydrogens is 216 g/mol. The summed E-state index contributed by atoms with van der Waals surface area (Å²) in [5.41, 5.74) is 7.55. The van der Waals surface area contributed by atoms with Crippen LogP contribution in [0.25, 0.3) is 0 Å². The van der Waals surface area contributed by atoms with Crippen molar-refractivity contribution >= 4 is 5.82 Å². The van der Waals surface area contributed by atoms with Crippen LogP contribution in [0.4, 0.5) is 5.82 Å². The summed E-state index contributed by atoms with van der Waals surface area (Å²) in [5.74, 6) is 0.319. The van der Waals surface area contributed by atoms with Crippen LogP contribution in [0.3, 0.4) is 0 Å². The van der Waals surface area contributed by atoms with Gasteiger partial charge in [0.2, 0.25) is 0 Å². The first-order valence-corrected chi connectivity index (χ1v) is 5.35. The molecule has 2 aromatic rings. The third kappa shape index (κ3) is 2.70. The van der Waals surface area contributed by atoms with E-state index in [0.29, 0.717) is 18.9 Å². The van der Waals surface area contributed by atoms with Gasteiger partial charge in [0.25, 0.3) is 5.56 Å². The van der Waals surface area contributed by atoms with E-state index in [1.54, 1.807) is 6.20 Å². The SMILES string of the molecule is NCc1ccccc1CNc1ncc[nH]c1=O. The maximum Gasteiger partial charge on any atom is 0.290 e. The first-order chi connectivity index (χ1) is 8.31. The van der Waals surface area contributed by atoms with Gasteiger partial charge in [0.05, 0.1) is 0 Å². The first kappa shape index (κ1) is 11.3. The monoisotopic (exact) mass is 230 g/mol. The van der Waals surface area contributed by atoms with Gasteiger partial charge < -0.3 is 16.0 Å². The van der Waals surface area contributed by atoms with Crippen LogP contribution in [0.2, 0.25) is 0 Å². The molecule has 0 radical (unpaired) electrons. The summed E-state index contributed by atoms with van der Waals surface area (Å²) >= 11 is 0. The largest absolute Gasteiger partial charge is 0.361 e. The van der Waals surface area contributed by atoms with Crippen LogP contribution in [-0.4, -0.2) is 9.97 Å². The molecule has 0 saturated carbocycles. The molecule has 1 aromatic heterocycles. The fourth-order valence-corrected chi connectivity index (χ4v) is 1.59. The van der Waals surface area contributed by atoms with Crippen LogP contribution in [0, 0.1) is 0 Å². The van der Waals surface area contributed by atoms with Crippen molar-refractivity contribution in [2.24, 2.45) is 5.73 Å². The molecule has 5 heteroatoms. The van der Waals surface area contributed by atoms with Gasteiger partial charge >= 0.3 is 0 Å². The number of aromatic nitrogens is 2. The Morgan fingerprint density at radius 1 is 1.29 bits per heavy atom. The number of nitrogens with one attached hydrogen (secondary N) is 2. The zero-order valence-corrected chi connectivity index (χ0v) is 9.31. The number of hydrogen-bond acceptors (Lipinski definition) is 4. The average Bonchev–Trinajstić information content (AvgIpc) is 2.38. The van der Waals surface area contributed by atoms with Gasteiger partial charge in [0.1, 0.15) is 0 Å². The molecule has 0 spiro atoms. The maximum atomic E-state index is 11.4. The summed E-state index contributed by atoms with van der Waals surface area (Å²) in [6, 6.07) is 7.84. The van der Waals surface area contributed by atoms with Crippen molar-refractivity contribution in [1.82, 2.24) is 9.97 Å². The third-order valence-electron chi connectivity index (χ3n) is 2.49. The molecule has 0 bridgehead atoms. The molecule has 0 amide bonds. The van der Waals surface area contributed by atoms with Crippen molar-refractivity contribution in [3.8, 4) is 0 Å². The number of rotatable bonds is 4. The predicted octanol–water partition coefficient (Wildman–Crippen LogP) is 0.841. The normalized spacial score (nSPS) is 10.2. The van der Waals surface area contributed by atoms with Gasteiger partial charge in [-0.1, -0.05) is 24.3 Å². The lowest BCUT2D eigenvalue weighted by Gasteiger charge is -2.08. The number of nitrogens with two attached hydrogens (primary N) is 1. The zero-order chi connectivity index (χ0) is 12.1. The molecule has 2 rings (SSSR count). The minimum absolute atomic E-state index is 0.224. The minimum Gasteiger partial charge on any atom is -0.361 e. The highest BCUT2D eigenvalue weighted by Gasteiger charge is 2.02. The number of hydrogen-bond donors (Lipinski definition) is 3. The van der Waals surface area contributed by atoms with Crippen LogP contribution < -0.4 is 16.6 Å². The van der Waals surface area contributed by atoms with Gasteiger partial charge in [-0.3, -0.25) is 4.79 Å². The van der Waals surface area contributed by atoms with E-state index in [9.17, 15) is 4.79 Å². The molecule has 0 fully saturated rings. The molecule has 5 nitrogen and oxygen atoms in total. The fraction of sp³-hybridized carbons (Fsp3) is 0.167. The number of anilines is 1. The molecule has 1 aromatic carbocycles. The Balaban J connectivity index is 2.13. The van der Waals surface area contributed by atoms with Crippen LogP contribution in [0.5, 0.6) is 0 Å². The Morgan fingerprint density at radius 3 is 2.76 bits per heavy atom. The van der Waals surface area contributed by atoms with E-state index in [-0.39, 0.29) is 5.56 Å². The van der Waals surface area contributed by atoms with Crippen LogP contribution in [0.15, 0.2) is 41.5 Å². The summed E-state index contributed by atoms with van der Waals surface area (Å²) in [4.78, 5) is 17.9. The van der Waals surface area contributed by atoms with Gasteiger partial charge in [0, 0.05) is 25.5 Å². The van der Waals surface area contributed by atoms with E-state index in [1.165, 1.54) is 6.20 Å². The molecule has 17 heavy (non-hydrogen) atoms. The van der Waals surface area contributed by atoms with Crippen LogP contribution in [0.1, 0.15) is 11.1 Å². The Kier molecular flexibility index (Phi) is 3.52. The molecule has 0 aliphatic rings. The summed E-state index contributed by atoms with van der Waals surface area (Å²) in [6.07, 6.45) is 3.04. The number of H-pyrrole nitrogens is 1. The molecule has 4 N–H and O–H groups in total. The topological polar surface area (TPSA) is 83.8 Å². The number of aromatic amines is 1. The first-order valence-electron chi connectivity index (χ1n) is 5.35. The van der Waals surface area contributed by atoms with E-state index >= 15 is 0 Å². The van der Waals surface area contributed by atoms with Crippen molar-refractivity contribution in [2.45, 2.75) is 13.1 Å². The third-order valence-corrected chi connectivity index (χ3v) is 2.49. The average molecular weight is 230 g/mol. The highest BCUT2D eigenvalue weighted by Crippen LogP contribution is 2.08. The second-order valence-corrected chi connectivity index (χ2v) is 3.59. The lowest BCUT2D eigenvalue weighted by molar-refractivity contribution is 0.993. The Labute approximate surface area is 98.7 Å².